The summed E-state index contributed by atoms with van der Waals surface area (Å²) in [5.41, 5.74) is 1.92. The van der Waals surface area contributed by atoms with Gasteiger partial charge in [0.2, 0.25) is 5.91 Å². The van der Waals surface area contributed by atoms with Gasteiger partial charge in [0, 0.05) is 10.2 Å². The number of tetrazole rings is 1. The lowest BCUT2D eigenvalue weighted by atomic mass is 10.2. The number of benzene rings is 2. The molecule has 1 aromatic heterocycles. The molecule has 1 heterocycles. The number of carbonyl (C=O) groups excluding carboxylic acids is 3. The molecule has 10 nitrogen and oxygen atoms in total. The lowest BCUT2D eigenvalue weighted by Gasteiger charge is -2.11. The van der Waals surface area contributed by atoms with Gasteiger partial charge in [0.25, 0.3) is 5.91 Å². The Bertz CT molecular complexity index is 1070. The van der Waals surface area contributed by atoms with Crippen LogP contribution in [-0.4, -0.2) is 44.6 Å². The van der Waals surface area contributed by atoms with Crippen LogP contribution in [0.25, 0.3) is 0 Å². The summed E-state index contributed by atoms with van der Waals surface area (Å²) >= 11 is 3.39. The number of halogens is 1. The molecule has 0 unspecified atom stereocenters. The zero-order valence-corrected chi connectivity index (χ0v) is 17.4. The van der Waals surface area contributed by atoms with Crippen LogP contribution in [0, 0.1) is 6.92 Å². The van der Waals surface area contributed by atoms with E-state index in [1.165, 1.54) is 17.1 Å². The summed E-state index contributed by atoms with van der Waals surface area (Å²) in [7, 11) is 0. The Morgan fingerprint density at radius 2 is 1.90 bits per heavy atom. The molecule has 0 saturated heterocycles. The fourth-order valence-corrected chi connectivity index (χ4v) is 2.73. The molecule has 0 spiro atoms. The molecule has 11 heteroatoms. The number of hydrogen-bond acceptors (Lipinski definition) is 7. The molecule has 0 aliphatic heterocycles. The first-order chi connectivity index (χ1) is 14.4. The lowest BCUT2D eigenvalue weighted by molar-refractivity contribution is -0.119. The van der Waals surface area contributed by atoms with E-state index in [1.54, 1.807) is 30.3 Å². The summed E-state index contributed by atoms with van der Waals surface area (Å²) in [6, 6.07) is 11.7. The van der Waals surface area contributed by atoms with Crippen molar-refractivity contribution in [2.24, 2.45) is 0 Å². The van der Waals surface area contributed by atoms with E-state index >= 15 is 0 Å². The predicted molar refractivity (Wildman–Crippen MR) is 111 cm³/mol. The van der Waals surface area contributed by atoms with Crippen LogP contribution in [0.15, 0.2) is 53.3 Å². The molecule has 0 aliphatic carbocycles. The normalized spacial score (nSPS) is 10.3. The van der Waals surface area contributed by atoms with E-state index in [0.717, 1.165) is 10.0 Å². The van der Waals surface area contributed by atoms with E-state index < -0.39 is 24.4 Å². The SMILES string of the molecule is Cc1cc(NC(=O)COC(=O)c2ccccc2NC(=O)Cn2cnnn2)ccc1Br. The number of nitrogens with one attached hydrogen (secondary N) is 2. The van der Waals surface area contributed by atoms with E-state index in [0.29, 0.717) is 5.69 Å². The third kappa shape index (κ3) is 5.70. The number of esters is 1. The second-order valence-corrected chi connectivity index (χ2v) is 7.04. The number of amides is 2. The van der Waals surface area contributed by atoms with Crippen LogP contribution in [0.2, 0.25) is 0 Å². The Morgan fingerprint density at radius 3 is 2.63 bits per heavy atom. The number of carbonyl (C=O) groups is 3. The van der Waals surface area contributed by atoms with Gasteiger partial charge >= 0.3 is 5.97 Å². The highest BCUT2D eigenvalue weighted by Gasteiger charge is 2.16. The molecule has 3 rings (SSSR count). The van der Waals surface area contributed by atoms with E-state index in [2.05, 4.69) is 42.1 Å². The third-order valence-electron chi connectivity index (χ3n) is 3.89. The highest BCUT2D eigenvalue weighted by molar-refractivity contribution is 9.10. The second kappa shape index (κ2) is 9.74. The van der Waals surface area contributed by atoms with Gasteiger partial charge in [-0.05, 0) is 53.2 Å². The van der Waals surface area contributed by atoms with Gasteiger partial charge in [-0.2, -0.15) is 0 Å². The third-order valence-corrected chi connectivity index (χ3v) is 4.78. The van der Waals surface area contributed by atoms with Gasteiger partial charge in [0.05, 0.1) is 11.3 Å². The van der Waals surface area contributed by atoms with E-state index in [9.17, 15) is 14.4 Å². The monoisotopic (exact) mass is 472 g/mol. The first kappa shape index (κ1) is 21.1. The molecule has 0 saturated carbocycles. The highest BCUT2D eigenvalue weighted by atomic mass is 79.9. The summed E-state index contributed by atoms with van der Waals surface area (Å²) in [4.78, 5) is 36.6. The van der Waals surface area contributed by atoms with E-state index in [1.807, 2.05) is 13.0 Å². The smallest absolute Gasteiger partial charge is 0.340 e. The van der Waals surface area contributed by atoms with Gasteiger partial charge in [-0.25, -0.2) is 9.48 Å². The van der Waals surface area contributed by atoms with Gasteiger partial charge in [0.1, 0.15) is 12.9 Å². The molecule has 0 atom stereocenters. The average molecular weight is 473 g/mol. The van der Waals surface area contributed by atoms with Crippen molar-refractivity contribution in [3.8, 4) is 0 Å². The van der Waals surface area contributed by atoms with Crippen molar-refractivity contribution in [3.63, 3.8) is 0 Å². The van der Waals surface area contributed by atoms with Gasteiger partial charge in [-0.3, -0.25) is 9.59 Å². The summed E-state index contributed by atoms with van der Waals surface area (Å²) in [6.45, 7) is 1.30. The Labute approximate surface area is 179 Å². The van der Waals surface area contributed by atoms with Crippen molar-refractivity contribution in [1.29, 1.82) is 0 Å². The molecule has 2 N–H and O–H groups in total. The molecule has 2 amide bonds. The highest BCUT2D eigenvalue weighted by Crippen LogP contribution is 2.20. The Balaban J connectivity index is 1.57. The molecule has 0 fully saturated rings. The summed E-state index contributed by atoms with van der Waals surface area (Å²) in [6.07, 6.45) is 1.30. The van der Waals surface area contributed by atoms with Gasteiger partial charge in [-0.15, -0.1) is 5.10 Å². The van der Waals surface area contributed by atoms with Gasteiger partial charge in [-0.1, -0.05) is 28.1 Å². The van der Waals surface area contributed by atoms with Crippen LogP contribution in [-0.2, 0) is 20.9 Å². The topological polar surface area (TPSA) is 128 Å². The molecular weight excluding hydrogens is 456 g/mol. The van der Waals surface area contributed by atoms with Gasteiger partial charge in [0.15, 0.2) is 6.61 Å². The minimum absolute atomic E-state index is 0.120. The maximum Gasteiger partial charge on any atom is 0.340 e. The van der Waals surface area contributed by atoms with Crippen LogP contribution in [0.3, 0.4) is 0 Å². The Kier molecular flexibility index (Phi) is 6.86. The fraction of sp³-hybridized carbons (Fsp3) is 0.158. The number of hydrogen-bond donors (Lipinski definition) is 2. The van der Waals surface area contributed by atoms with Crippen molar-refractivity contribution in [1.82, 2.24) is 20.2 Å². The molecule has 0 radical (unpaired) electrons. The van der Waals surface area contributed by atoms with Crippen molar-refractivity contribution in [2.45, 2.75) is 13.5 Å². The molecule has 2 aromatic carbocycles. The first-order valence-corrected chi connectivity index (χ1v) is 9.54. The fourth-order valence-electron chi connectivity index (χ4n) is 2.49. The van der Waals surface area contributed by atoms with E-state index in [-0.39, 0.29) is 17.8 Å². The lowest BCUT2D eigenvalue weighted by Crippen LogP contribution is -2.23. The number of ether oxygens (including phenoxy) is 1. The summed E-state index contributed by atoms with van der Waals surface area (Å²) in [5.74, 6) is -1.65. The van der Waals surface area contributed by atoms with Crippen LogP contribution in [0.1, 0.15) is 15.9 Å². The van der Waals surface area contributed by atoms with Crippen molar-refractivity contribution in [2.75, 3.05) is 17.2 Å². The average Bonchev–Trinajstić information content (AvgIpc) is 3.22. The van der Waals surface area contributed by atoms with Gasteiger partial charge < -0.3 is 15.4 Å². The standard InChI is InChI=1S/C19H17BrN6O4/c1-12-8-13(6-7-15(12)20)22-18(28)10-30-19(29)14-4-2-3-5-16(14)23-17(27)9-26-11-21-24-25-26/h2-8,11H,9-10H2,1H3,(H,22,28)(H,23,27). The zero-order chi connectivity index (χ0) is 21.5. The van der Waals surface area contributed by atoms with Crippen LogP contribution >= 0.6 is 15.9 Å². The van der Waals surface area contributed by atoms with Crippen molar-refractivity contribution in [3.05, 3.63) is 64.4 Å². The summed E-state index contributed by atoms with van der Waals surface area (Å²) in [5, 5.41) is 15.8. The number of aryl methyl sites for hydroxylation is 1. The number of anilines is 2. The number of rotatable bonds is 7. The van der Waals surface area contributed by atoms with Crippen LogP contribution < -0.4 is 10.6 Å². The summed E-state index contributed by atoms with van der Waals surface area (Å²) < 4.78 is 7.26. The van der Waals surface area contributed by atoms with Crippen LogP contribution in [0.4, 0.5) is 11.4 Å². The van der Waals surface area contributed by atoms with Crippen molar-refractivity contribution < 1.29 is 19.1 Å². The maximum atomic E-state index is 12.4. The van der Waals surface area contributed by atoms with Crippen LogP contribution in [0.5, 0.6) is 0 Å². The molecule has 0 bridgehead atoms. The molecule has 3 aromatic rings. The maximum absolute atomic E-state index is 12.4. The van der Waals surface area contributed by atoms with Crippen molar-refractivity contribution >= 4 is 45.1 Å². The molecular formula is C19H17BrN6O4. The molecule has 154 valence electrons. The Hall–Kier alpha value is -3.60. The molecule has 30 heavy (non-hydrogen) atoms. The predicted octanol–water partition coefficient (Wildman–Crippen LogP) is 2.18. The zero-order valence-electron chi connectivity index (χ0n) is 15.8. The first-order valence-electron chi connectivity index (χ1n) is 8.75. The quantitative estimate of drug-likeness (QED) is 0.504. The minimum Gasteiger partial charge on any atom is -0.452 e. The number of para-hydroxylation sites is 1. The second-order valence-electron chi connectivity index (χ2n) is 6.19. The number of aromatic nitrogens is 4. The Morgan fingerprint density at radius 1 is 1.10 bits per heavy atom. The largest absolute Gasteiger partial charge is 0.452 e. The van der Waals surface area contributed by atoms with E-state index in [4.69, 9.17) is 4.74 Å². The molecule has 0 aliphatic rings. The number of nitrogens with zero attached hydrogens (tertiary/aromatic N) is 4. The minimum atomic E-state index is -0.740.